The third-order valence-corrected chi connectivity index (χ3v) is 11.0. The minimum absolute atomic E-state index is 0. The maximum Gasteiger partial charge on any atom is 0 e. The molecule has 0 aliphatic rings. The van der Waals surface area contributed by atoms with E-state index in [2.05, 4.69) is 182 Å². The molecule has 0 saturated heterocycles. The summed E-state index contributed by atoms with van der Waals surface area (Å²) in [7, 11) is 8.51. The van der Waals surface area contributed by atoms with Gasteiger partial charge in [0.05, 0.1) is 0 Å². The Labute approximate surface area is 267 Å². The fraction of sp³-hybridized carbons (Fsp3) is 0. The smallest absolute Gasteiger partial charge is 0 e. The summed E-state index contributed by atoms with van der Waals surface area (Å²) in [6, 6.07) is 64.7. The largest absolute Gasteiger partial charge is 0.0622 e. The summed E-state index contributed by atoms with van der Waals surface area (Å²) in [4.78, 5) is 0. The second kappa shape index (κ2) is 19.4. The standard InChI is InChI=1S/2C18H15P.2ClH.N.Ni/c2*1-4-10-16(11-5-1)19(17-12-6-2-7-13-17)18-14-8-3-9-15-18;;;;/h2*1-15H;2*1H;;/q;;;;;+2/p-2. The predicted octanol–water partition coefficient (Wildman–Crippen LogP) is 7.79. The third kappa shape index (κ3) is 10.2. The van der Waals surface area contributed by atoms with E-state index < -0.39 is 15.8 Å². The summed E-state index contributed by atoms with van der Waals surface area (Å²) in [5, 5.41) is 8.39. The molecule has 0 saturated carbocycles. The second-order valence-corrected chi connectivity index (χ2v) is 14.8. The van der Waals surface area contributed by atoms with Crippen molar-refractivity contribution in [2.75, 3.05) is 0 Å². The summed E-state index contributed by atoms with van der Waals surface area (Å²) in [5.41, 5.74) is 0. The Morgan fingerprint density at radius 2 is 0.405 bits per heavy atom. The molecule has 6 rings (SSSR count). The zero-order chi connectivity index (χ0) is 28.5. The topological polar surface area (TPSA) is 30.5 Å². The van der Waals surface area contributed by atoms with Gasteiger partial charge in [0.2, 0.25) is 0 Å². The van der Waals surface area contributed by atoms with Gasteiger partial charge in [0, 0.05) is 6.15 Å². The molecule has 0 unspecified atom stereocenters. The molecule has 6 heteroatoms. The molecule has 0 heterocycles. The van der Waals surface area contributed by atoms with Crippen molar-refractivity contribution in [2.24, 2.45) is 0 Å². The molecular weight excluding hydrogens is 638 g/mol. The molecule has 0 amide bonds. The summed E-state index contributed by atoms with van der Waals surface area (Å²) in [6.07, 6.45) is 0. The zero-order valence-electron chi connectivity index (χ0n) is 22.7. The Balaban J connectivity index is 0.000000207. The molecule has 6 aromatic carbocycles. The molecule has 3 radical (unpaired) electrons. The van der Waals surface area contributed by atoms with Gasteiger partial charge in [0.1, 0.15) is 0 Å². The molecule has 0 fully saturated rings. The van der Waals surface area contributed by atoms with Gasteiger partial charge in [-0.25, -0.2) is 0 Å². The number of rotatable bonds is 6. The number of halogens is 2. The van der Waals surface area contributed by atoms with Crippen LogP contribution in [0.3, 0.4) is 0 Å². The molecule has 0 aromatic heterocycles. The minimum Gasteiger partial charge on any atom is -0.0622 e. The van der Waals surface area contributed by atoms with Crippen molar-refractivity contribution < 1.29 is 12.7 Å². The summed E-state index contributed by atoms with van der Waals surface area (Å²) in [6.45, 7) is 0. The second-order valence-electron chi connectivity index (χ2n) is 8.73. The molecular formula is C36H30Cl2NNiP2. The monoisotopic (exact) mass is 666 g/mol. The number of nitrogens with zero attached hydrogens (tertiary/aromatic N) is 1. The Bertz CT molecular complexity index is 1210. The van der Waals surface area contributed by atoms with Crippen LogP contribution >= 0.6 is 36.2 Å². The van der Waals surface area contributed by atoms with Gasteiger partial charge in [-0.05, 0) is 47.7 Å². The SMILES string of the molecule is [Cl][Ni][Cl].[N].c1ccc(P(c2ccccc2)c2ccccc2)cc1.c1ccc(P(c2ccccc2)c2ccccc2)cc1. The van der Waals surface area contributed by atoms with E-state index in [1.165, 1.54) is 31.8 Å². The van der Waals surface area contributed by atoms with Gasteiger partial charge in [-0.2, -0.15) is 0 Å². The maximum atomic E-state index is 4.70. The van der Waals surface area contributed by atoms with Crippen molar-refractivity contribution in [3.63, 3.8) is 0 Å². The average Bonchev–Trinajstić information content (AvgIpc) is 3.05. The number of benzene rings is 6. The van der Waals surface area contributed by atoms with Crippen molar-refractivity contribution in [1.82, 2.24) is 6.15 Å². The molecule has 0 aliphatic carbocycles. The van der Waals surface area contributed by atoms with E-state index in [1.54, 1.807) is 0 Å². The molecule has 6 aromatic rings. The molecule has 42 heavy (non-hydrogen) atoms. The van der Waals surface area contributed by atoms with Crippen molar-refractivity contribution in [3.8, 4) is 0 Å². The molecule has 1 nitrogen and oxygen atoms in total. The van der Waals surface area contributed by atoms with E-state index in [4.69, 9.17) is 20.4 Å². The Hall–Kier alpha value is -2.79. The minimum atomic E-state index is -0.446. The van der Waals surface area contributed by atoms with Crippen LogP contribution in [-0.2, 0) is 12.7 Å². The van der Waals surface area contributed by atoms with Crippen LogP contribution in [0.2, 0.25) is 0 Å². The predicted molar refractivity (Wildman–Crippen MR) is 184 cm³/mol. The van der Waals surface area contributed by atoms with E-state index >= 15 is 0 Å². The molecule has 0 spiro atoms. The molecule has 0 bridgehead atoms. The molecule has 213 valence electrons. The van der Waals surface area contributed by atoms with Crippen LogP contribution in [0.15, 0.2) is 182 Å². The average molecular weight is 668 g/mol. The van der Waals surface area contributed by atoms with Crippen molar-refractivity contribution >= 4 is 68.1 Å². The summed E-state index contributed by atoms with van der Waals surface area (Å²) >= 11 is 0.569. The van der Waals surface area contributed by atoms with Gasteiger partial charge in [0.15, 0.2) is 0 Å². The quantitative estimate of drug-likeness (QED) is 0.128. The van der Waals surface area contributed by atoms with Crippen molar-refractivity contribution in [1.29, 1.82) is 0 Å². The number of hydrogen-bond donors (Lipinski definition) is 0. The van der Waals surface area contributed by atoms with E-state index in [1.807, 2.05) is 0 Å². The first-order chi connectivity index (χ1) is 20.3. The van der Waals surface area contributed by atoms with E-state index in [-0.39, 0.29) is 6.15 Å². The fourth-order valence-electron chi connectivity index (χ4n) is 4.36. The van der Waals surface area contributed by atoms with Gasteiger partial charge < -0.3 is 0 Å². The number of hydrogen-bond acceptors (Lipinski definition) is 0. The Kier molecular flexibility index (Phi) is 15.6. The van der Waals surface area contributed by atoms with Crippen LogP contribution in [0, 0.1) is 0 Å². The van der Waals surface area contributed by atoms with Crippen molar-refractivity contribution in [2.45, 2.75) is 0 Å². The van der Waals surface area contributed by atoms with Crippen molar-refractivity contribution in [3.05, 3.63) is 182 Å². The van der Waals surface area contributed by atoms with Crippen LogP contribution in [0.5, 0.6) is 0 Å². The van der Waals surface area contributed by atoms with E-state index in [9.17, 15) is 0 Å². The van der Waals surface area contributed by atoms with Gasteiger partial charge >= 0.3 is 33.0 Å². The summed E-state index contributed by atoms with van der Waals surface area (Å²) in [5.74, 6) is 0. The van der Waals surface area contributed by atoms with Crippen LogP contribution in [0.25, 0.3) is 0 Å². The maximum absolute atomic E-state index is 4.70. The van der Waals surface area contributed by atoms with E-state index in [0.717, 1.165) is 0 Å². The summed E-state index contributed by atoms with van der Waals surface area (Å²) < 4.78 is 0. The van der Waals surface area contributed by atoms with Crippen LogP contribution in [0.1, 0.15) is 0 Å². The van der Waals surface area contributed by atoms with Gasteiger partial charge in [0.25, 0.3) is 0 Å². The van der Waals surface area contributed by atoms with Crippen LogP contribution in [0.4, 0.5) is 0 Å². The molecule has 0 atom stereocenters. The van der Waals surface area contributed by atoms with Gasteiger partial charge in [-0.15, -0.1) is 0 Å². The van der Waals surface area contributed by atoms with E-state index in [0.29, 0.717) is 12.7 Å². The Morgan fingerprint density at radius 3 is 0.524 bits per heavy atom. The fourth-order valence-corrected chi connectivity index (χ4v) is 8.97. The zero-order valence-corrected chi connectivity index (χ0v) is 27.0. The first-order valence-electron chi connectivity index (χ1n) is 13.0. The first-order valence-corrected chi connectivity index (χ1v) is 18.4. The first kappa shape index (κ1) is 33.7. The van der Waals surface area contributed by atoms with Gasteiger partial charge in [-0.3, -0.25) is 0 Å². The third-order valence-electron chi connectivity index (χ3n) is 6.09. The normalized spacial score (nSPS) is 10.1. The Morgan fingerprint density at radius 1 is 0.286 bits per heavy atom. The molecule has 0 N–H and O–H groups in total. The van der Waals surface area contributed by atoms with Crippen LogP contribution < -0.4 is 38.0 Å². The van der Waals surface area contributed by atoms with Crippen LogP contribution in [-0.4, -0.2) is 0 Å². The van der Waals surface area contributed by atoms with Gasteiger partial charge in [-0.1, -0.05) is 182 Å². The molecule has 0 aliphatic heterocycles.